The van der Waals surface area contributed by atoms with Crippen molar-refractivity contribution < 1.29 is 23.8 Å². The summed E-state index contributed by atoms with van der Waals surface area (Å²) in [7, 11) is 0. The number of hydrogen-bond donors (Lipinski definition) is 1. The molecule has 0 saturated carbocycles. The lowest BCUT2D eigenvalue weighted by Crippen LogP contribution is -2.04. The van der Waals surface area contributed by atoms with E-state index in [4.69, 9.17) is 37.8 Å². The zero-order chi connectivity index (χ0) is 22.0. The number of benzene rings is 3. The number of halogens is 3. The van der Waals surface area contributed by atoms with Crippen LogP contribution in [-0.2, 0) is 13.2 Å². The Hall–Kier alpha value is -3.22. The highest BCUT2D eigenvalue weighted by Gasteiger charge is 2.13. The first-order chi connectivity index (χ1) is 14.9. The van der Waals surface area contributed by atoms with Gasteiger partial charge < -0.3 is 19.1 Å². The summed E-state index contributed by atoms with van der Waals surface area (Å²) in [5, 5.41) is 10.4. The normalized spacial score (nSPS) is 10.9. The van der Waals surface area contributed by atoms with Crippen LogP contribution < -0.4 is 9.47 Å². The molecule has 0 aliphatic rings. The van der Waals surface area contributed by atoms with Gasteiger partial charge in [0.1, 0.15) is 23.9 Å². The molecule has 0 amide bonds. The van der Waals surface area contributed by atoms with Crippen LogP contribution in [0.1, 0.15) is 11.1 Å². The number of carbonyl (C=O) groups is 1. The molecule has 0 fully saturated rings. The monoisotopic (exact) mass is 459 g/mol. The molecule has 1 aromatic heterocycles. The maximum absolute atomic E-state index is 13.3. The van der Waals surface area contributed by atoms with Crippen molar-refractivity contribution in [3.8, 4) is 11.5 Å². The molecule has 0 saturated heterocycles. The fourth-order valence-corrected chi connectivity index (χ4v) is 3.72. The van der Waals surface area contributed by atoms with E-state index in [1.54, 1.807) is 42.5 Å². The molecule has 1 heterocycles. The second kappa shape index (κ2) is 8.88. The van der Waals surface area contributed by atoms with E-state index in [0.29, 0.717) is 28.3 Å². The Labute approximate surface area is 187 Å². The molecule has 0 aliphatic heterocycles. The summed E-state index contributed by atoms with van der Waals surface area (Å²) >= 11 is 12.3. The molecule has 0 unspecified atom stereocenters. The van der Waals surface area contributed by atoms with Crippen molar-refractivity contribution in [1.29, 1.82) is 0 Å². The molecule has 158 valence electrons. The third kappa shape index (κ3) is 4.76. The van der Waals surface area contributed by atoms with Gasteiger partial charge in [-0.15, -0.1) is 0 Å². The van der Waals surface area contributed by atoms with Crippen molar-refractivity contribution in [2.75, 3.05) is 0 Å². The van der Waals surface area contributed by atoms with Gasteiger partial charge in [0.2, 0.25) is 0 Å². The highest BCUT2D eigenvalue weighted by atomic mass is 35.5. The van der Waals surface area contributed by atoms with Gasteiger partial charge in [-0.3, -0.25) is 0 Å². The molecule has 3 aromatic carbocycles. The Bertz CT molecular complexity index is 1270. The van der Waals surface area contributed by atoms with Gasteiger partial charge in [0.15, 0.2) is 0 Å². The van der Waals surface area contributed by atoms with E-state index in [2.05, 4.69) is 0 Å². The van der Waals surface area contributed by atoms with E-state index in [-0.39, 0.29) is 17.4 Å². The number of carboxylic acid groups (broad SMARTS) is 1. The molecule has 4 rings (SSSR count). The summed E-state index contributed by atoms with van der Waals surface area (Å²) < 4.78 is 26.0. The molecule has 0 bridgehead atoms. The lowest BCUT2D eigenvalue weighted by molar-refractivity contribution is 0.145. The van der Waals surface area contributed by atoms with E-state index in [9.17, 15) is 9.18 Å². The number of aromatic nitrogens is 1. The van der Waals surface area contributed by atoms with Crippen molar-refractivity contribution in [1.82, 2.24) is 4.57 Å². The predicted octanol–water partition coefficient (Wildman–Crippen LogP) is 6.77. The summed E-state index contributed by atoms with van der Waals surface area (Å²) in [5.41, 5.74) is 2.27. The number of nitrogens with zero attached hydrogens (tertiary/aromatic N) is 1. The lowest BCUT2D eigenvalue weighted by atomic mass is 10.2. The quantitative estimate of drug-likeness (QED) is 0.255. The number of hydrogen-bond acceptors (Lipinski definition) is 3. The molecule has 0 atom stereocenters. The largest absolute Gasteiger partial charge is 0.511 e. The Kier molecular flexibility index (Phi) is 6.02. The molecule has 4 aromatic rings. The van der Waals surface area contributed by atoms with E-state index in [1.165, 1.54) is 12.1 Å². The van der Waals surface area contributed by atoms with E-state index in [0.717, 1.165) is 11.1 Å². The van der Waals surface area contributed by atoms with Gasteiger partial charge in [-0.2, -0.15) is 0 Å². The van der Waals surface area contributed by atoms with Crippen LogP contribution >= 0.6 is 23.2 Å². The fraction of sp³-hybridized carbons (Fsp3) is 0.0870. The van der Waals surface area contributed by atoms with Crippen molar-refractivity contribution in [2.24, 2.45) is 0 Å². The van der Waals surface area contributed by atoms with Crippen LogP contribution in [0.25, 0.3) is 10.9 Å². The van der Waals surface area contributed by atoms with Crippen molar-refractivity contribution in [3.63, 3.8) is 0 Å². The van der Waals surface area contributed by atoms with E-state index >= 15 is 0 Å². The molecule has 8 heteroatoms. The summed E-state index contributed by atoms with van der Waals surface area (Å²) in [4.78, 5) is 10.9. The van der Waals surface area contributed by atoms with Gasteiger partial charge in [0.05, 0.1) is 17.1 Å². The molecule has 0 spiro atoms. The minimum absolute atomic E-state index is 0.163. The highest BCUT2D eigenvalue weighted by Crippen LogP contribution is 2.30. The first-order valence-corrected chi connectivity index (χ1v) is 10.00. The topological polar surface area (TPSA) is 60.7 Å². The van der Waals surface area contributed by atoms with Crippen LogP contribution in [0.2, 0.25) is 10.0 Å². The summed E-state index contributed by atoms with van der Waals surface area (Å²) in [6.45, 7) is 0.587. The number of rotatable bonds is 6. The van der Waals surface area contributed by atoms with Gasteiger partial charge in [-0.1, -0.05) is 35.3 Å². The second-order valence-corrected chi connectivity index (χ2v) is 7.62. The zero-order valence-electron chi connectivity index (χ0n) is 16.0. The average molecular weight is 460 g/mol. The number of fused-ring (bicyclic) bond motifs is 1. The van der Waals surface area contributed by atoms with Crippen molar-refractivity contribution in [2.45, 2.75) is 13.2 Å². The third-order valence-corrected chi connectivity index (χ3v) is 5.32. The molecule has 1 N–H and O–H groups in total. The molecular formula is C23H16Cl2FNO4. The Morgan fingerprint density at radius 1 is 1.00 bits per heavy atom. The van der Waals surface area contributed by atoms with Crippen LogP contribution in [0.15, 0.2) is 66.9 Å². The average Bonchev–Trinajstić information content (AvgIpc) is 3.12. The van der Waals surface area contributed by atoms with Gasteiger partial charge >= 0.3 is 6.16 Å². The first kappa shape index (κ1) is 21.0. The maximum atomic E-state index is 13.3. The fourth-order valence-electron chi connectivity index (χ4n) is 3.31. The summed E-state index contributed by atoms with van der Waals surface area (Å²) in [6, 6.07) is 16.4. The Morgan fingerprint density at radius 2 is 1.84 bits per heavy atom. The Morgan fingerprint density at radius 3 is 2.61 bits per heavy atom. The van der Waals surface area contributed by atoms with Crippen LogP contribution in [0, 0.1) is 5.82 Å². The standard InChI is InChI=1S/C23H16Cl2FNO4/c24-16-5-7-21(30-13-14-4-6-17(26)11-19(14)25)15(10-16)12-27-9-8-18-20(27)2-1-3-22(18)31-23(28)29/h1-11H,12-13H2,(H,28,29). The van der Waals surface area contributed by atoms with Gasteiger partial charge in [0, 0.05) is 27.7 Å². The first-order valence-electron chi connectivity index (χ1n) is 9.24. The van der Waals surface area contributed by atoms with Gasteiger partial charge in [-0.05, 0) is 48.5 Å². The molecule has 0 radical (unpaired) electrons. The van der Waals surface area contributed by atoms with Crippen LogP contribution in [0.5, 0.6) is 11.5 Å². The molecular weight excluding hydrogens is 444 g/mol. The SMILES string of the molecule is O=C(O)Oc1cccc2c1ccn2Cc1cc(Cl)ccc1OCc1ccc(F)cc1Cl. The summed E-state index contributed by atoms with van der Waals surface area (Å²) in [6.07, 6.45) is 0.464. The van der Waals surface area contributed by atoms with Crippen LogP contribution in [0.3, 0.4) is 0 Å². The zero-order valence-corrected chi connectivity index (χ0v) is 17.5. The second-order valence-electron chi connectivity index (χ2n) is 6.78. The number of ether oxygens (including phenoxy) is 2. The maximum Gasteiger partial charge on any atom is 0.511 e. The minimum Gasteiger partial charge on any atom is -0.488 e. The van der Waals surface area contributed by atoms with Crippen molar-refractivity contribution >= 4 is 40.3 Å². The molecule has 31 heavy (non-hydrogen) atoms. The smallest absolute Gasteiger partial charge is 0.488 e. The van der Waals surface area contributed by atoms with Crippen LogP contribution in [-0.4, -0.2) is 15.8 Å². The van der Waals surface area contributed by atoms with Crippen molar-refractivity contribution in [3.05, 3.63) is 93.8 Å². The Balaban J connectivity index is 1.62. The third-order valence-electron chi connectivity index (χ3n) is 4.73. The van der Waals surface area contributed by atoms with E-state index < -0.39 is 12.0 Å². The van der Waals surface area contributed by atoms with E-state index in [1.807, 2.05) is 16.8 Å². The molecule has 5 nitrogen and oxygen atoms in total. The lowest BCUT2D eigenvalue weighted by Gasteiger charge is -2.14. The minimum atomic E-state index is -1.37. The predicted molar refractivity (Wildman–Crippen MR) is 117 cm³/mol. The molecule has 0 aliphatic carbocycles. The highest BCUT2D eigenvalue weighted by molar-refractivity contribution is 6.31. The van der Waals surface area contributed by atoms with Gasteiger partial charge in [-0.25, -0.2) is 9.18 Å². The van der Waals surface area contributed by atoms with Crippen LogP contribution in [0.4, 0.5) is 9.18 Å². The summed E-state index contributed by atoms with van der Waals surface area (Å²) in [5.74, 6) is 0.452. The van der Waals surface area contributed by atoms with Gasteiger partial charge in [0.25, 0.3) is 0 Å².